The molecule has 0 atom stereocenters. The van der Waals surface area contributed by atoms with Gasteiger partial charge < -0.3 is 9.84 Å². The Kier molecular flexibility index (Phi) is 3.10. The summed E-state index contributed by atoms with van der Waals surface area (Å²) in [5.41, 5.74) is -0.275. The molecule has 1 heterocycles. The van der Waals surface area contributed by atoms with Crippen LogP contribution in [-0.4, -0.2) is 38.0 Å². The number of carbonyl (C=O) groups is 1. The number of hydrogen-bond donors (Lipinski definition) is 1. The maximum absolute atomic E-state index is 12.6. The summed E-state index contributed by atoms with van der Waals surface area (Å²) in [6, 6.07) is 10.1. The van der Waals surface area contributed by atoms with Gasteiger partial charge in [-0.3, -0.25) is 4.31 Å². The Morgan fingerprint density at radius 1 is 1.18 bits per heavy atom. The third-order valence-corrected chi connectivity index (χ3v) is 5.48. The molecule has 1 N–H and O–H groups in total. The summed E-state index contributed by atoms with van der Waals surface area (Å²) in [6.07, 6.45) is 0. The van der Waals surface area contributed by atoms with Crippen molar-refractivity contribution in [1.82, 2.24) is 4.31 Å². The Bertz CT molecular complexity index is 930. The third kappa shape index (κ3) is 1.79. The van der Waals surface area contributed by atoms with Gasteiger partial charge in [-0.05, 0) is 16.8 Å². The zero-order valence-corrected chi connectivity index (χ0v) is 12.7. The Hall–Kier alpha value is -2.54. The van der Waals surface area contributed by atoms with Crippen LogP contribution in [0.3, 0.4) is 0 Å². The van der Waals surface area contributed by atoms with Crippen LogP contribution in [-0.2, 0) is 19.6 Å². The second-order valence-electron chi connectivity index (χ2n) is 4.82. The van der Waals surface area contributed by atoms with E-state index in [1.165, 1.54) is 13.1 Å². The lowest BCUT2D eigenvalue weighted by atomic mass is 10.0. The Morgan fingerprint density at radius 3 is 2.55 bits per heavy atom. The molecule has 0 saturated carbocycles. The summed E-state index contributed by atoms with van der Waals surface area (Å²) in [5.74, 6) is -1.32. The summed E-state index contributed by atoms with van der Waals surface area (Å²) >= 11 is 0. The predicted octanol–water partition coefficient (Wildman–Crippen LogP) is 1.87. The average molecular weight is 319 g/mol. The predicted molar refractivity (Wildman–Crippen MR) is 80.5 cm³/mol. The number of hydrogen-bond acceptors (Lipinski definition) is 5. The summed E-state index contributed by atoms with van der Waals surface area (Å²) < 4.78 is 30.5. The number of fused-ring (bicyclic) bond motifs is 3. The number of ether oxygens (including phenoxy) is 1. The number of esters is 1. The maximum atomic E-state index is 12.6. The van der Waals surface area contributed by atoms with E-state index >= 15 is 0 Å². The highest BCUT2D eigenvalue weighted by atomic mass is 32.2. The molecule has 1 aliphatic heterocycles. The van der Waals surface area contributed by atoms with Crippen LogP contribution >= 0.6 is 0 Å². The van der Waals surface area contributed by atoms with Gasteiger partial charge >= 0.3 is 5.97 Å². The van der Waals surface area contributed by atoms with Crippen LogP contribution < -0.4 is 0 Å². The van der Waals surface area contributed by atoms with Gasteiger partial charge in [-0.2, -0.15) is 0 Å². The summed E-state index contributed by atoms with van der Waals surface area (Å²) in [6.45, 7) is 0. The van der Waals surface area contributed by atoms with Crippen molar-refractivity contribution in [3.05, 3.63) is 47.7 Å². The SMILES string of the molecule is COC(=O)C1=C(O)c2c(ccc3ccccc23)S(=O)(=O)N1C. The highest BCUT2D eigenvalue weighted by molar-refractivity contribution is 7.89. The molecule has 0 unspecified atom stereocenters. The summed E-state index contributed by atoms with van der Waals surface area (Å²) in [4.78, 5) is 11.8. The molecule has 0 aliphatic carbocycles. The molecule has 3 rings (SSSR count). The molecule has 0 saturated heterocycles. The van der Waals surface area contributed by atoms with Crippen molar-refractivity contribution in [2.45, 2.75) is 4.90 Å². The van der Waals surface area contributed by atoms with E-state index in [0.29, 0.717) is 5.39 Å². The molecular weight excluding hydrogens is 306 g/mol. The lowest BCUT2D eigenvalue weighted by Crippen LogP contribution is -2.35. The number of rotatable bonds is 1. The van der Waals surface area contributed by atoms with Crippen LogP contribution in [0.4, 0.5) is 0 Å². The van der Waals surface area contributed by atoms with Crippen LogP contribution in [0.5, 0.6) is 0 Å². The molecule has 0 aromatic heterocycles. The van der Waals surface area contributed by atoms with Gasteiger partial charge in [0.05, 0.1) is 12.0 Å². The summed E-state index contributed by atoms with van der Waals surface area (Å²) in [5, 5.41) is 11.8. The zero-order chi connectivity index (χ0) is 16.1. The number of aliphatic hydroxyl groups excluding tert-OH is 1. The molecule has 0 spiro atoms. The lowest BCUT2D eigenvalue weighted by Gasteiger charge is -2.28. The van der Waals surface area contributed by atoms with E-state index in [4.69, 9.17) is 0 Å². The fourth-order valence-electron chi connectivity index (χ4n) is 2.57. The number of aliphatic hydroxyl groups is 1. The van der Waals surface area contributed by atoms with Crippen molar-refractivity contribution in [1.29, 1.82) is 0 Å². The molecule has 114 valence electrons. The number of nitrogens with zero attached hydrogens (tertiary/aromatic N) is 1. The van der Waals surface area contributed by atoms with Crippen LogP contribution in [0.2, 0.25) is 0 Å². The van der Waals surface area contributed by atoms with Gasteiger partial charge in [-0.25, -0.2) is 13.2 Å². The first kappa shape index (κ1) is 14.4. The van der Waals surface area contributed by atoms with E-state index in [2.05, 4.69) is 4.74 Å². The van der Waals surface area contributed by atoms with E-state index in [1.807, 2.05) is 0 Å². The van der Waals surface area contributed by atoms with Crippen molar-refractivity contribution < 1.29 is 23.1 Å². The molecular formula is C15H13NO5S. The van der Waals surface area contributed by atoms with Gasteiger partial charge in [0.15, 0.2) is 11.5 Å². The first-order valence-corrected chi connectivity index (χ1v) is 7.86. The van der Waals surface area contributed by atoms with Gasteiger partial charge in [0.25, 0.3) is 10.0 Å². The molecule has 2 aromatic rings. The van der Waals surface area contributed by atoms with Crippen molar-refractivity contribution in [2.75, 3.05) is 14.2 Å². The van der Waals surface area contributed by atoms with Gasteiger partial charge in [-0.15, -0.1) is 0 Å². The minimum absolute atomic E-state index is 0.0427. The molecule has 0 amide bonds. The van der Waals surface area contributed by atoms with Crippen molar-refractivity contribution in [3.63, 3.8) is 0 Å². The first-order chi connectivity index (χ1) is 10.4. The number of carbonyl (C=O) groups excluding carboxylic acids is 1. The monoisotopic (exact) mass is 319 g/mol. The number of benzene rings is 2. The van der Waals surface area contributed by atoms with E-state index in [-0.39, 0.29) is 10.5 Å². The second kappa shape index (κ2) is 4.74. The van der Waals surface area contributed by atoms with Crippen molar-refractivity contribution in [3.8, 4) is 0 Å². The van der Waals surface area contributed by atoms with E-state index in [0.717, 1.165) is 16.8 Å². The van der Waals surface area contributed by atoms with E-state index < -0.39 is 27.4 Å². The minimum Gasteiger partial charge on any atom is -0.505 e. The minimum atomic E-state index is -3.93. The van der Waals surface area contributed by atoms with Crippen molar-refractivity contribution >= 4 is 32.5 Å². The van der Waals surface area contributed by atoms with Crippen LogP contribution in [0.25, 0.3) is 16.5 Å². The van der Waals surface area contributed by atoms with Crippen LogP contribution in [0, 0.1) is 0 Å². The normalized spacial score (nSPS) is 16.5. The van der Waals surface area contributed by atoms with E-state index in [1.54, 1.807) is 30.3 Å². The van der Waals surface area contributed by atoms with Gasteiger partial charge in [0.2, 0.25) is 0 Å². The number of likely N-dealkylation sites (N-methyl/N-ethyl adjacent to an activating group) is 1. The molecule has 7 heteroatoms. The standard InChI is InChI=1S/C15H13NO5S/c1-16-13(15(18)21-2)14(17)12-10-6-4-3-5-9(10)7-8-11(12)22(16,19)20/h3-8,17H,1-2H3. The average Bonchev–Trinajstić information content (AvgIpc) is 2.52. The van der Waals surface area contributed by atoms with Crippen LogP contribution in [0.1, 0.15) is 5.56 Å². The van der Waals surface area contributed by atoms with Gasteiger partial charge in [0, 0.05) is 12.6 Å². The zero-order valence-electron chi connectivity index (χ0n) is 11.9. The number of methoxy groups -OCH3 is 1. The summed E-state index contributed by atoms with van der Waals surface area (Å²) in [7, 11) is -1.60. The lowest BCUT2D eigenvalue weighted by molar-refractivity contribution is -0.137. The third-order valence-electron chi connectivity index (χ3n) is 3.68. The van der Waals surface area contributed by atoms with Gasteiger partial charge in [0.1, 0.15) is 0 Å². The molecule has 22 heavy (non-hydrogen) atoms. The molecule has 0 fully saturated rings. The van der Waals surface area contributed by atoms with Crippen molar-refractivity contribution in [2.24, 2.45) is 0 Å². The molecule has 0 bridgehead atoms. The van der Waals surface area contributed by atoms with E-state index in [9.17, 15) is 18.3 Å². The Balaban J connectivity index is 2.50. The van der Waals surface area contributed by atoms with Gasteiger partial charge in [-0.1, -0.05) is 30.3 Å². The topological polar surface area (TPSA) is 83.9 Å². The van der Waals surface area contributed by atoms with Crippen LogP contribution in [0.15, 0.2) is 47.0 Å². The highest BCUT2D eigenvalue weighted by Crippen LogP contribution is 2.39. The Morgan fingerprint density at radius 2 is 1.86 bits per heavy atom. The number of sulfonamides is 1. The molecule has 1 aliphatic rings. The quantitative estimate of drug-likeness (QED) is 0.811. The smallest absolute Gasteiger partial charge is 0.359 e. The maximum Gasteiger partial charge on any atom is 0.359 e. The molecule has 6 nitrogen and oxygen atoms in total. The first-order valence-electron chi connectivity index (χ1n) is 6.42. The fourth-order valence-corrected chi connectivity index (χ4v) is 3.97. The highest BCUT2D eigenvalue weighted by Gasteiger charge is 2.39. The molecule has 0 radical (unpaired) electrons. The fraction of sp³-hybridized carbons (Fsp3) is 0.133. The largest absolute Gasteiger partial charge is 0.505 e. The second-order valence-corrected chi connectivity index (χ2v) is 6.76. The molecule has 2 aromatic carbocycles. The Labute approximate surface area is 127 Å².